The first kappa shape index (κ1) is 15.0. The summed E-state index contributed by atoms with van der Waals surface area (Å²) in [5, 5.41) is 4.32. The van der Waals surface area contributed by atoms with Crippen molar-refractivity contribution in [2.24, 2.45) is 7.05 Å². The molecule has 7 heteroatoms. The predicted octanol–water partition coefficient (Wildman–Crippen LogP) is 0.323. The Labute approximate surface area is 121 Å². The Bertz CT molecular complexity index is 811. The number of ketones is 1. The van der Waals surface area contributed by atoms with Crippen LogP contribution in [0, 0.1) is 6.92 Å². The van der Waals surface area contributed by atoms with Crippen molar-refractivity contribution in [3.05, 3.63) is 50.1 Å². The largest absolute Gasteiger partial charge is 0.331 e. The number of carbonyl (C=O) groups is 1. The maximum atomic E-state index is 12.2. The molecule has 0 aromatic carbocycles. The van der Waals surface area contributed by atoms with Gasteiger partial charge in [0, 0.05) is 19.8 Å². The van der Waals surface area contributed by atoms with Crippen LogP contribution in [0.25, 0.3) is 0 Å². The summed E-state index contributed by atoms with van der Waals surface area (Å²) < 4.78 is 4.11. The van der Waals surface area contributed by atoms with Gasteiger partial charge >= 0.3 is 5.69 Å². The predicted molar refractivity (Wildman–Crippen MR) is 77.7 cm³/mol. The van der Waals surface area contributed by atoms with Crippen molar-refractivity contribution < 1.29 is 4.79 Å². The molecule has 0 amide bonds. The van der Waals surface area contributed by atoms with E-state index in [1.165, 1.54) is 24.7 Å². The lowest BCUT2D eigenvalue weighted by Gasteiger charge is -2.10. The molecule has 0 unspecified atom stereocenters. The van der Waals surface area contributed by atoms with E-state index in [1.807, 2.05) is 19.9 Å². The second-order valence-corrected chi connectivity index (χ2v) is 4.97. The fourth-order valence-electron chi connectivity index (χ4n) is 2.26. The van der Waals surface area contributed by atoms with E-state index >= 15 is 0 Å². The number of hydrogen-bond donors (Lipinski definition) is 0. The highest BCUT2D eigenvalue weighted by Crippen LogP contribution is 2.05. The quantitative estimate of drug-likeness (QED) is 0.760. The van der Waals surface area contributed by atoms with Crippen LogP contribution in [-0.4, -0.2) is 24.7 Å². The van der Waals surface area contributed by atoms with Gasteiger partial charge in [0.05, 0.1) is 23.5 Å². The minimum Gasteiger partial charge on any atom is -0.294 e. The van der Waals surface area contributed by atoms with Crippen LogP contribution in [0.2, 0.25) is 0 Å². The van der Waals surface area contributed by atoms with E-state index in [-0.39, 0.29) is 17.9 Å². The van der Waals surface area contributed by atoms with Gasteiger partial charge in [-0.05, 0) is 26.8 Å². The van der Waals surface area contributed by atoms with Crippen LogP contribution in [0.1, 0.15) is 35.6 Å². The molecule has 7 nitrogen and oxygen atoms in total. The molecule has 0 saturated heterocycles. The Morgan fingerprint density at radius 1 is 1.33 bits per heavy atom. The van der Waals surface area contributed by atoms with Gasteiger partial charge in [-0.2, -0.15) is 5.10 Å². The normalized spacial score (nSPS) is 10.9. The summed E-state index contributed by atoms with van der Waals surface area (Å²) in [5.74, 6) is -0.357. The zero-order chi connectivity index (χ0) is 15.7. The summed E-state index contributed by atoms with van der Waals surface area (Å²) in [5.41, 5.74) is 0.702. The third-order valence-corrected chi connectivity index (χ3v) is 3.35. The molecule has 2 aromatic heterocycles. The van der Waals surface area contributed by atoms with Gasteiger partial charge < -0.3 is 0 Å². The van der Waals surface area contributed by atoms with Crippen LogP contribution in [0.5, 0.6) is 0 Å². The maximum absolute atomic E-state index is 12.2. The second kappa shape index (κ2) is 5.51. The van der Waals surface area contributed by atoms with Crippen LogP contribution >= 0.6 is 0 Å². The summed E-state index contributed by atoms with van der Waals surface area (Å²) in [6, 6.07) is 1.88. The van der Waals surface area contributed by atoms with Crippen molar-refractivity contribution >= 4 is 5.78 Å². The lowest BCUT2D eigenvalue weighted by atomic mass is 10.2. The molecule has 0 aliphatic heterocycles. The Morgan fingerprint density at radius 3 is 2.57 bits per heavy atom. The number of Topliss-reactive ketones (excluding diaryl/α,β-unsaturated/α-hetero) is 1. The average molecular weight is 290 g/mol. The van der Waals surface area contributed by atoms with Crippen molar-refractivity contribution in [1.29, 1.82) is 0 Å². The summed E-state index contributed by atoms with van der Waals surface area (Å²) in [4.78, 5) is 35.5. The van der Waals surface area contributed by atoms with Crippen LogP contribution in [0.15, 0.2) is 21.9 Å². The number of hydrogen-bond acceptors (Lipinski definition) is 4. The standard InChI is InChI=1S/C14H18N4O3/c1-5-18-11(6-9(2)15-18)7-17-8-12(10(3)19)13(20)16(4)14(17)21/h6,8H,5,7H2,1-4H3. The highest BCUT2D eigenvalue weighted by atomic mass is 16.2. The number of rotatable bonds is 4. The van der Waals surface area contributed by atoms with Gasteiger partial charge in [0.2, 0.25) is 0 Å². The van der Waals surface area contributed by atoms with Crippen molar-refractivity contribution in [2.75, 3.05) is 0 Å². The highest BCUT2D eigenvalue weighted by molar-refractivity contribution is 5.93. The van der Waals surface area contributed by atoms with Gasteiger partial charge in [-0.25, -0.2) is 4.79 Å². The molecular formula is C14H18N4O3. The number of carbonyl (C=O) groups excluding carboxylic acids is 1. The first-order chi connectivity index (χ1) is 9.85. The number of nitrogens with zero attached hydrogens (tertiary/aromatic N) is 4. The fraction of sp³-hybridized carbons (Fsp3) is 0.429. The second-order valence-electron chi connectivity index (χ2n) is 4.97. The highest BCUT2D eigenvalue weighted by Gasteiger charge is 2.14. The third kappa shape index (κ3) is 2.72. The number of aromatic nitrogens is 4. The first-order valence-electron chi connectivity index (χ1n) is 6.69. The monoisotopic (exact) mass is 290 g/mol. The minimum absolute atomic E-state index is 0.0105. The van der Waals surface area contributed by atoms with Gasteiger partial charge in [-0.1, -0.05) is 0 Å². The summed E-state index contributed by atoms with van der Waals surface area (Å²) in [6.45, 7) is 6.10. The van der Waals surface area contributed by atoms with Crippen molar-refractivity contribution in [2.45, 2.75) is 33.9 Å². The smallest absolute Gasteiger partial charge is 0.294 e. The van der Waals surface area contributed by atoms with Crippen LogP contribution in [0.4, 0.5) is 0 Å². The van der Waals surface area contributed by atoms with E-state index in [0.29, 0.717) is 6.54 Å². The van der Waals surface area contributed by atoms with Gasteiger partial charge in [-0.15, -0.1) is 0 Å². The van der Waals surface area contributed by atoms with E-state index in [2.05, 4.69) is 5.10 Å². The zero-order valence-corrected chi connectivity index (χ0v) is 12.6. The molecule has 0 spiro atoms. The molecule has 21 heavy (non-hydrogen) atoms. The molecule has 0 saturated carbocycles. The van der Waals surface area contributed by atoms with Gasteiger partial charge in [0.15, 0.2) is 5.78 Å². The molecule has 2 aromatic rings. The van der Waals surface area contributed by atoms with Crippen LogP contribution in [-0.2, 0) is 20.1 Å². The van der Waals surface area contributed by atoms with Crippen LogP contribution in [0.3, 0.4) is 0 Å². The lowest BCUT2D eigenvalue weighted by molar-refractivity contribution is 0.101. The lowest BCUT2D eigenvalue weighted by Crippen LogP contribution is -2.40. The van der Waals surface area contributed by atoms with Gasteiger partial charge in [0.1, 0.15) is 0 Å². The maximum Gasteiger partial charge on any atom is 0.331 e. The van der Waals surface area contributed by atoms with Gasteiger partial charge in [0.25, 0.3) is 5.56 Å². The molecular weight excluding hydrogens is 272 g/mol. The Morgan fingerprint density at radius 2 is 2.00 bits per heavy atom. The van der Waals surface area contributed by atoms with E-state index < -0.39 is 11.2 Å². The first-order valence-corrected chi connectivity index (χ1v) is 6.69. The molecule has 0 atom stereocenters. The molecule has 2 heterocycles. The molecule has 112 valence electrons. The molecule has 0 bridgehead atoms. The SMILES string of the molecule is CCn1nc(C)cc1Cn1cc(C(C)=O)c(=O)n(C)c1=O. The molecule has 0 aliphatic carbocycles. The van der Waals surface area contributed by atoms with E-state index in [9.17, 15) is 14.4 Å². The summed E-state index contributed by atoms with van der Waals surface area (Å²) >= 11 is 0. The molecule has 2 rings (SSSR count). The molecule has 0 radical (unpaired) electrons. The summed E-state index contributed by atoms with van der Waals surface area (Å²) in [6.07, 6.45) is 1.33. The fourth-order valence-corrected chi connectivity index (χ4v) is 2.26. The topological polar surface area (TPSA) is 78.9 Å². The van der Waals surface area contributed by atoms with Crippen molar-refractivity contribution in [1.82, 2.24) is 18.9 Å². The molecule has 0 N–H and O–H groups in total. The Hall–Kier alpha value is -2.44. The third-order valence-electron chi connectivity index (χ3n) is 3.35. The molecule has 0 aliphatic rings. The summed E-state index contributed by atoms with van der Waals surface area (Å²) in [7, 11) is 1.37. The minimum atomic E-state index is -0.566. The van der Waals surface area contributed by atoms with E-state index in [0.717, 1.165) is 16.0 Å². The van der Waals surface area contributed by atoms with E-state index in [1.54, 1.807) is 4.68 Å². The van der Waals surface area contributed by atoms with E-state index in [4.69, 9.17) is 0 Å². The zero-order valence-electron chi connectivity index (χ0n) is 12.6. The number of aryl methyl sites for hydroxylation is 2. The average Bonchev–Trinajstić information content (AvgIpc) is 2.79. The van der Waals surface area contributed by atoms with Crippen LogP contribution < -0.4 is 11.2 Å². The Kier molecular flexibility index (Phi) is 3.93. The Balaban J connectivity index is 2.57. The molecule has 0 fully saturated rings. The van der Waals surface area contributed by atoms with Crippen molar-refractivity contribution in [3.63, 3.8) is 0 Å². The van der Waals surface area contributed by atoms with Crippen molar-refractivity contribution in [3.8, 4) is 0 Å². The van der Waals surface area contributed by atoms with Gasteiger partial charge in [-0.3, -0.25) is 23.4 Å².